The Balaban J connectivity index is 1.71. The monoisotopic (exact) mass is 486 g/mol. The first-order chi connectivity index (χ1) is 14.3. The van der Waals surface area contributed by atoms with Crippen molar-refractivity contribution in [2.75, 3.05) is 18.1 Å². The maximum atomic E-state index is 13.1. The van der Waals surface area contributed by atoms with E-state index in [2.05, 4.69) is 5.32 Å². The van der Waals surface area contributed by atoms with Gasteiger partial charge in [0.25, 0.3) is 17.7 Å². The minimum absolute atomic E-state index is 0.0534. The number of para-hydroxylation sites is 1. The minimum atomic E-state index is -0.736. The molecule has 2 aromatic carbocycles. The molecule has 4 rings (SSSR count). The first-order valence-electron chi connectivity index (χ1n) is 9.06. The summed E-state index contributed by atoms with van der Waals surface area (Å²) in [7, 11) is 0. The zero-order valence-corrected chi connectivity index (χ0v) is 18.3. The maximum absolute atomic E-state index is 13.1. The molecule has 2 aromatic rings. The fraction of sp³-hybridized carbons (Fsp3) is 0.250. The Hall–Kier alpha value is -1.83. The molecule has 156 valence electrons. The molecule has 0 unspecified atom stereocenters. The predicted octanol–water partition coefficient (Wildman–Crippen LogP) is 5.01. The van der Waals surface area contributed by atoms with Crippen LogP contribution in [0.3, 0.4) is 0 Å². The largest absolute Gasteiger partial charge is 0.376 e. The van der Waals surface area contributed by atoms with Gasteiger partial charge in [0.1, 0.15) is 0 Å². The molecule has 10 heteroatoms. The average Bonchev–Trinajstić information content (AvgIpc) is 3.35. The number of hydrogen-bond acceptors (Lipinski definition) is 4. The number of rotatable bonds is 4. The summed E-state index contributed by atoms with van der Waals surface area (Å²) in [5.41, 5.74) is -0.0337. The molecule has 0 radical (unpaired) electrons. The van der Waals surface area contributed by atoms with E-state index in [0.717, 1.165) is 17.7 Å². The highest BCUT2D eigenvalue weighted by Crippen LogP contribution is 2.46. The molecule has 2 heterocycles. The Morgan fingerprint density at radius 3 is 2.17 bits per heavy atom. The molecule has 3 amide bonds. The van der Waals surface area contributed by atoms with E-state index in [-0.39, 0.29) is 48.6 Å². The van der Waals surface area contributed by atoms with Gasteiger partial charge in [-0.2, -0.15) is 0 Å². The van der Waals surface area contributed by atoms with Crippen LogP contribution in [0.15, 0.2) is 24.3 Å². The van der Waals surface area contributed by atoms with Gasteiger partial charge < -0.3 is 10.1 Å². The number of benzene rings is 2. The number of hydrogen-bond donors (Lipinski definition) is 1. The highest BCUT2D eigenvalue weighted by Gasteiger charge is 2.43. The fourth-order valence-corrected chi connectivity index (χ4v) is 4.55. The maximum Gasteiger partial charge on any atom is 0.267 e. The van der Waals surface area contributed by atoms with Crippen molar-refractivity contribution in [3.63, 3.8) is 0 Å². The predicted molar refractivity (Wildman–Crippen MR) is 115 cm³/mol. The Morgan fingerprint density at radius 2 is 1.60 bits per heavy atom. The van der Waals surface area contributed by atoms with Gasteiger partial charge in [0.05, 0.1) is 48.6 Å². The third-order valence-electron chi connectivity index (χ3n) is 5.00. The molecule has 0 saturated carbocycles. The van der Waals surface area contributed by atoms with E-state index in [1.54, 1.807) is 12.1 Å². The number of carbonyl (C=O) groups excluding carboxylic acids is 3. The van der Waals surface area contributed by atoms with Crippen molar-refractivity contribution in [1.82, 2.24) is 5.32 Å². The SMILES string of the molecule is O=C(NC[C@H]1CCCO1)c1ccccc1N1C(=O)c2c(Cl)c(Cl)c(Cl)c(Cl)c2C1=O. The molecule has 2 aliphatic rings. The zero-order chi connectivity index (χ0) is 21.6. The quantitative estimate of drug-likeness (QED) is 0.373. The normalized spacial score (nSPS) is 18.1. The number of ether oxygens (including phenoxy) is 1. The van der Waals surface area contributed by atoms with E-state index in [1.165, 1.54) is 12.1 Å². The molecular formula is C20H14Cl4N2O4. The number of nitrogens with zero attached hydrogens (tertiary/aromatic N) is 1. The van der Waals surface area contributed by atoms with Crippen molar-refractivity contribution in [3.8, 4) is 0 Å². The highest BCUT2D eigenvalue weighted by molar-refractivity contribution is 6.56. The smallest absolute Gasteiger partial charge is 0.267 e. The highest BCUT2D eigenvalue weighted by atomic mass is 35.5. The number of amides is 3. The van der Waals surface area contributed by atoms with E-state index in [4.69, 9.17) is 51.1 Å². The number of anilines is 1. The Kier molecular flexibility index (Phi) is 5.97. The summed E-state index contributed by atoms with van der Waals surface area (Å²) < 4.78 is 5.51. The lowest BCUT2D eigenvalue weighted by atomic mass is 10.1. The first-order valence-corrected chi connectivity index (χ1v) is 10.6. The van der Waals surface area contributed by atoms with Crippen LogP contribution >= 0.6 is 46.4 Å². The lowest BCUT2D eigenvalue weighted by Crippen LogP contribution is -2.35. The fourth-order valence-electron chi connectivity index (χ4n) is 3.54. The topological polar surface area (TPSA) is 75.7 Å². The molecule has 2 aliphatic heterocycles. The number of halogens is 4. The molecule has 0 spiro atoms. The standard InChI is InChI=1S/C20H14Cl4N2O4/c21-14-12-13(15(22)17(24)16(14)23)20(29)26(19(12)28)11-6-2-1-5-10(11)18(27)25-8-9-4-3-7-30-9/h1-2,5-6,9H,3-4,7-8H2,(H,25,27)/t9-/m1/s1. The summed E-state index contributed by atoms with van der Waals surface area (Å²) in [5.74, 6) is -1.91. The third-order valence-corrected chi connectivity index (χ3v) is 6.81. The lowest BCUT2D eigenvalue weighted by Gasteiger charge is -2.18. The van der Waals surface area contributed by atoms with E-state index in [9.17, 15) is 14.4 Å². The van der Waals surface area contributed by atoms with Crippen LogP contribution in [-0.4, -0.2) is 37.0 Å². The zero-order valence-electron chi connectivity index (χ0n) is 15.3. The van der Waals surface area contributed by atoms with Gasteiger partial charge in [-0.05, 0) is 25.0 Å². The molecule has 0 aliphatic carbocycles. The van der Waals surface area contributed by atoms with Crippen LogP contribution in [0.25, 0.3) is 0 Å². The lowest BCUT2D eigenvalue weighted by molar-refractivity contribution is 0.0858. The summed E-state index contributed by atoms with van der Waals surface area (Å²) in [5, 5.41) is 2.22. The van der Waals surface area contributed by atoms with Gasteiger partial charge in [-0.3, -0.25) is 14.4 Å². The van der Waals surface area contributed by atoms with Gasteiger partial charge in [0, 0.05) is 13.2 Å². The van der Waals surface area contributed by atoms with Crippen LogP contribution in [0.2, 0.25) is 20.1 Å². The average molecular weight is 488 g/mol. The molecule has 0 aromatic heterocycles. The van der Waals surface area contributed by atoms with Gasteiger partial charge in [-0.15, -0.1) is 0 Å². The van der Waals surface area contributed by atoms with Crippen LogP contribution in [0.4, 0.5) is 5.69 Å². The van der Waals surface area contributed by atoms with Crippen LogP contribution < -0.4 is 10.2 Å². The first kappa shape index (κ1) is 21.4. The van der Waals surface area contributed by atoms with E-state index in [0.29, 0.717) is 13.2 Å². The molecule has 1 fully saturated rings. The second-order valence-electron chi connectivity index (χ2n) is 6.81. The van der Waals surface area contributed by atoms with Crippen LogP contribution in [0.5, 0.6) is 0 Å². The molecule has 6 nitrogen and oxygen atoms in total. The minimum Gasteiger partial charge on any atom is -0.376 e. The van der Waals surface area contributed by atoms with Gasteiger partial charge in [-0.25, -0.2) is 4.90 Å². The van der Waals surface area contributed by atoms with Crippen molar-refractivity contribution in [2.45, 2.75) is 18.9 Å². The van der Waals surface area contributed by atoms with Crippen LogP contribution in [0.1, 0.15) is 43.9 Å². The Bertz CT molecular complexity index is 1040. The summed E-state index contributed by atoms with van der Waals surface area (Å²) >= 11 is 24.5. The Labute approximate surface area is 192 Å². The summed E-state index contributed by atoms with van der Waals surface area (Å²) in [6.07, 6.45) is 1.75. The third kappa shape index (κ3) is 3.47. The molecule has 1 atom stereocenters. The van der Waals surface area contributed by atoms with Crippen LogP contribution in [-0.2, 0) is 4.74 Å². The van der Waals surface area contributed by atoms with Gasteiger partial charge >= 0.3 is 0 Å². The number of imide groups is 1. The van der Waals surface area contributed by atoms with Crippen molar-refractivity contribution in [2.24, 2.45) is 0 Å². The van der Waals surface area contributed by atoms with E-state index in [1.807, 2.05) is 0 Å². The Morgan fingerprint density at radius 1 is 1.00 bits per heavy atom. The van der Waals surface area contributed by atoms with Gasteiger partial charge in [-0.1, -0.05) is 58.5 Å². The molecular weight excluding hydrogens is 474 g/mol. The summed E-state index contributed by atoms with van der Waals surface area (Å²) in [6, 6.07) is 6.26. The molecule has 30 heavy (non-hydrogen) atoms. The molecule has 1 saturated heterocycles. The van der Waals surface area contributed by atoms with Crippen molar-refractivity contribution in [3.05, 3.63) is 61.0 Å². The summed E-state index contributed by atoms with van der Waals surface area (Å²) in [6.45, 7) is 0.997. The molecule has 1 N–H and O–H groups in total. The van der Waals surface area contributed by atoms with Gasteiger partial charge in [0.15, 0.2) is 0 Å². The van der Waals surface area contributed by atoms with Gasteiger partial charge in [0.2, 0.25) is 0 Å². The van der Waals surface area contributed by atoms with E-state index >= 15 is 0 Å². The number of carbonyl (C=O) groups is 3. The second kappa shape index (κ2) is 8.36. The second-order valence-corrected chi connectivity index (χ2v) is 8.33. The van der Waals surface area contributed by atoms with Crippen molar-refractivity contribution in [1.29, 1.82) is 0 Å². The molecule has 0 bridgehead atoms. The number of nitrogens with one attached hydrogen (secondary N) is 1. The van der Waals surface area contributed by atoms with Crippen LogP contribution in [0, 0.1) is 0 Å². The number of fused-ring (bicyclic) bond motifs is 1. The van der Waals surface area contributed by atoms with E-state index < -0.39 is 17.7 Å². The van der Waals surface area contributed by atoms with Crippen molar-refractivity contribution < 1.29 is 19.1 Å². The summed E-state index contributed by atoms with van der Waals surface area (Å²) in [4.78, 5) is 39.8. The van der Waals surface area contributed by atoms with Crippen molar-refractivity contribution >= 4 is 69.8 Å².